The lowest BCUT2D eigenvalue weighted by atomic mass is 9.62. The van der Waals surface area contributed by atoms with E-state index in [9.17, 15) is 19.5 Å². The van der Waals surface area contributed by atoms with Gasteiger partial charge in [0.05, 0.1) is 30.1 Å². The second-order valence-electron chi connectivity index (χ2n) is 11.1. The maximum atomic E-state index is 14.1. The zero-order valence-corrected chi connectivity index (χ0v) is 22.0. The summed E-state index contributed by atoms with van der Waals surface area (Å²) >= 11 is 0. The summed E-state index contributed by atoms with van der Waals surface area (Å²) in [6.07, 6.45) is 3.84. The highest BCUT2D eigenvalue weighted by molar-refractivity contribution is 5.99. The lowest BCUT2D eigenvalue weighted by Crippen LogP contribution is -2.60. The number of ether oxygens (including phenoxy) is 1. The number of nitrogens with zero attached hydrogens (tertiary/aromatic N) is 1. The average molecular weight is 480 g/mol. The number of carbonyl (C=O) groups is 3. The fraction of sp³-hybridized carbons (Fsp3) is 0.885. The van der Waals surface area contributed by atoms with Gasteiger partial charge in [-0.3, -0.25) is 14.4 Å². The summed E-state index contributed by atoms with van der Waals surface area (Å²) in [5.41, 5.74) is -1.89. The minimum absolute atomic E-state index is 0.00779. The largest absolute Gasteiger partial charge is 0.394 e. The number of carbonyl (C=O) groups excluding carboxylic acids is 3. The number of nitrogens with one attached hydrogen (secondary N) is 2. The van der Waals surface area contributed by atoms with Crippen LogP contribution in [0.3, 0.4) is 0 Å². The summed E-state index contributed by atoms with van der Waals surface area (Å²) in [5.74, 6) is -2.07. The van der Waals surface area contributed by atoms with Gasteiger partial charge in [0, 0.05) is 12.6 Å². The Hall–Kier alpha value is -1.67. The van der Waals surface area contributed by atoms with Crippen molar-refractivity contribution in [1.29, 1.82) is 0 Å². The van der Waals surface area contributed by atoms with Crippen LogP contribution in [-0.4, -0.2) is 70.2 Å². The molecule has 8 nitrogen and oxygen atoms in total. The van der Waals surface area contributed by atoms with Gasteiger partial charge in [-0.05, 0) is 44.9 Å². The first-order valence-electron chi connectivity index (χ1n) is 13.2. The monoisotopic (exact) mass is 479 g/mol. The van der Waals surface area contributed by atoms with Crippen molar-refractivity contribution < 1.29 is 24.2 Å². The van der Waals surface area contributed by atoms with E-state index in [4.69, 9.17) is 4.74 Å². The smallest absolute Gasteiger partial charge is 0.246 e. The Morgan fingerprint density at radius 2 is 1.88 bits per heavy atom. The van der Waals surface area contributed by atoms with E-state index in [2.05, 4.69) is 17.6 Å². The van der Waals surface area contributed by atoms with Crippen LogP contribution in [0.4, 0.5) is 0 Å². The molecule has 0 aromatic heterocycles. The van der Waals surface area contributed by atoms with Crippen LogP contribution < -0.4 is 10.6 Å². The van der Waals surface area contributed by atoms with Gasteiger partial charge in [-0.2, -0.15) is 0 Å². The normalized spacial score (nSPS) is 36.8. The first kappa shape index (κ1) is 26.9. The summed E-state index contributed by atoms with van der Waals surface area (Å²) in [7, 11) is 0. The molecule has 3 fully saturated rings. The van der Waals surface area contributed by atoms with E-state index in [0.717, 1.165) is 25.7 Å². The van der Waals surface area contributed by atoms with Gasteiger partial charge in [0.2, 0.25) is 17.7 Å². The van der Waals surface area contributed by atoms with Gasteiger partial charge in [0.15, 0.2) is 0 Å². The molecule has 3 rings (SSSR count). The minimum atomic E-state index is -1.07. The lowest BCUT2D eigenvalue weighted by molar-refractivity contribution is -0.152. The second-order valence-corrected chi connectivity index (χ2v) is 11.1. The van der Waals surface area contributed by atoms with Crippen molar-refractivity contribution in [1.82, 2.24) is 15.5 Å². The van der Waals surface area contributed by atoms with Crippen molar-refractivity contribution in [3.63, 3.8) is 0 Å². The van der Waals surface area contributed by atoms with Crippen molar-refractivity contribution >= 4 is 17.7 Å². The first-order valence-corrected chi connectivity index (χ1v) is 13.2. The maximum absolute atomic E-state index is 14.1. The molecule has 9 atom stereocenters. The van der Waals surface area contributed by atoms with Gasteiger partial charge in [-0.1, -0.05) is 47.5 Å². The van der Waals surface area contributed by atoms with Crippen LogP contribution in [0.25, 0.3) is 0 Å². The summed E-state index contributed by atoms with van der Waals surface area (Å²) in [6, 6.07) is -1.43. The van der Waals surface area contributed by atoms with Crippen LogP contribution in [0.1, 0.15) is 80.6 Å². The average Bonchev–Trinajstić information content (AvgIpc) is 3.29. The molecule has 8 heteroatoms. The topological polar surface area (TPSA) is 108 Å². The third-order valence-corrected chi connectivity index (χ3v) is 8.79. The summed E-state index contributed by atoms with van der Waals surface area (Å²) < 4.78 is 6.72. The SMILES string of the molecule is CCCNC(=O)[C@@H]1[C@H]2C(=O)N([C@@H](CO)[C@@H](C)CC)C(C(=O)NC(C)CCC)C23CC(C)[C@@]1(C)O3. The number of rotatable bonds is 11. The van der Waals surface area contributed by atoms with Crippen molar-refractivity contribution in [3.05, 3.63) is 0 Å². The Morgan fingerprint density at radius 3 is 2.44 bits per heavy atom. The van der Waals surface area contributed by atoms with Crippen LogP contribution in [0.15, 0.2) is 0 Å². The highest BCUT2D eigenvalue weighted by Gasteiger charge is 2.80. The Morgan fingerprint density at radius 1 is 1.21 bits per heavy atom. The molecular formula is C26H45N3O5. The van der Waals surface area contributed by atoms with E-state index >= 15 is 0 Å². The molecule has 2 bridgehead atoms. The Bertz CT molecular complexity index is 790. The van der Waals surface area contributed by atoms with E-state index < -0.39 is 35.1 Å². The van der Waals surface area contributed by atoms with Gasteiger partial charge in [-0.15, -0.1) is 0 Å². The quantitative estimate of drug-likeness (QED) is 0.421. The summed E-state index contributed by atoms with van der Waals surface area (Å²) in [6.45, 7) is 14.3. The number of aliphatic hydroxyl groups excluding tert-OH is 1. The van der Waals surface area contributed by atoms with Crippen molar-refractivity contribution in [2.45, 2.75) is 110 Å². The molecule has 0 aliphatic carbocycles. The molecule has 3 saturated heterocycles. The Balaban J connectivity index is 2.10. The number of hydrogen-bond acceptors (Lipinski definition) is 5. The van der Waals surface area contributed by atoms with Gasteiger partial charge in [-0.25, -0.2) is 0 Å². The van der Waals surface area contributed by atoms with Crippen LogP contribution in [-0.2, 0) is 19.1 Å². The molecule has 3 N–H and O–H groups in total. The van der Waals surface area contributed by atoms with Crippen LogP contribution in [0, 0.1) is 23.7 Å². The van der Waals surface area contributed by atoms with E-state index in [1.165, 1.54) is 0 Å². The molecule has 4 unspecified atom stereocenters. The Labute approximate surface area is 204 Å². The van der Waals surface area contributed by atoms with E-state index in [1.54, 1.807) is 4.90 Å². The zero-order valence-electron chi connectivity index (χ0n) is 22.0. The molecule has 3 amide bonds. The standard InChI is InChI=1S/C26H45N3O5/c1-8-11-17(6)28-23(32)21-26-13-16(5)25(7,34-26)19(22(31)27-12-9-2)20(26)24(33)29(21)18(14-30)15(4)10-3/h15-21,30H,8-14H2,1-7H3,(H,27,31)(H,28,32)/t15-,16?,17?,18-,19-,20-,21?,25+,26?/m0/s1. The third-order valence-electron chi connectivity index (χ3n) is 8.79. The van der Waals surface area contributed by atoms with Gasteiger partial charge >= 0.3 is 0 Å². The number of aliphatic hydroxyl groups is 1. The molecule has 0 radical (unpaired) electrons. The number of likely N-dealkylation sites (tertiary alicyclic amines) is 1. The second kappa shape index (κ2) is 10.1. The lowest BCUT2D eigenvalue weighted by Gasteiger charge is -2.39. The minimum Gasteiger partial charge on any atom is -0.394 e. The van der Waals surface area contributed by atoms with Crippen molar-refractivity contribution in [3.8, 4) is 0 Å². The highest BCUT2D eigenvalue weighted by atomic mass is 16.5. The molecule has 3 aliphatic rings. The fourth-order valence-corrected chi connectivity index (χ4v) is 6.73. The zero-order chi connectivity index (χ0) is 25.4. The van der Waals surface area contributed by atoms with Crippen molar-refractivity contribution in [2.24, 2.45) is 23.7 Å². The first-order chi connectivity index (χ1) is 16.0. The summed E-state index contributed by atoms with van der Waals surface area (Å²) in [5, 5.41) is 16.4. The number of amides is 3. The van der Waals surface area contributed by atoms with Gasteiger partial charge < -0.3 is 25.4 Å². The van der Waals surface area contributed by atoms with E-state index in [0.29, 0.717) is 13.0 Å². The van der Waals surface area contributed by atoms with E-state index in [1.807, 2.05) is 41.5 Å². The maximum Gasteiger partial charge on any atom is 0.246 e. The molecule has 3 aliphatic heterocycles. The molecule has 0 aromatic rings. The molecule has 0 aromatic carbocycles. The summed E-state index contributed by atoms with van der Waals surface area (Å²) in [4.78, 5) is 42.9. The molecule has 34 heavy (non-hydrogen) atoms. The third kappa shape index (κ3) is 4.04. The van der Waals surface area contributed by atoms with E-state index in [-0.39, 0.29) is 42.2 Å². The van der Waals surface area contributed by atoms with Gasteiger partial charge in [0.1, 0.15) is 11.6 Å². The molecule has 3 heterocycles. The molecule has 1 spiro atoms. The predicted octanol–water partition coefficient (Wildman–Crippen LogP) is 2.24. The number of fused-ring (bicyclic) bond motifs is 1. The van der Waals surface area contributed by atoms with Crippen LogP contribution in [0.2, 0.25) is 0 Å². The fourth-order valence-electron chi connectivity index (χ4n) is 6.73. The molecule has 194 valence electrons. The molecular weight excluding hydrogens is 434 g/mol. The predicted molar refractivity (Wildman–Crippen MR) is 130 cm³/mol. The molecule has 0 saturated carbocycles. The van der Waals surface area contributed by atoms with Crippen LogP contribution in [0.5, 0.6) is 0 Å². The van der Waals surface area contributed by atoms with Crippen molar-refractivity contribution in [2.75, 3.05) is 13.2 Å². The van der Waals surface area contributed by atoms with Gasteiger partial charge in [0.25, 0.3) is 0 Å². The number of hydrogen-bond donors (Lipinski definition) is 3. The van der Waals surface area contributed by atoms with Crippen LogP contribution >= 0.6 is 0 Å². The Kier molecular flexibility index (Phi) is 8.03. The highest BCUT2D eigenvalue weighted by Crippen LogP contribution is 2.65.